The van der Waals surface area contributed by atoms with Gasteiger partial charge in [-0.05, 0) is 31.5 Å². The van der Waals surface area contributed by atoms with Crippen molar-refractivity contribution in [2.45, 2.75) is 19.9 Å². The van der Waals surface area contributed by atoms with E-state index < -0.39 is 0 Å². The van der Waals surface area contributed by atoms with Gasteiger partial charge in [0.25, 0.3) is 0 Å². The van der Waals surface area contributed by atoms with E-state index in [-0.39, 0.29) is 6.04 Å². The van der Waals surface area contributed by atoms with Crippen molar-refractivity contribution in [3.63, 3.8) is 0 Å². The van der Waals surface area contributed by atoms with Crippen molar-refractivity contribution in [1.82, 2.24) is 10.4 Å². The van der Waals surface area contributed by atoms with Crippen molar-refractivity contribution >= 4 is 0 Å². The Bertz CT molecular complexity index is 275. The summed E-state index contributed by atoms with van der Waals surface area (Å²) < 4.78 is 0. The largest absolute Gasteiger partial charge is 0.271 e. The highest BCUT2D eigenvalue weighted by atomic mass is 15.2. The summed E-state index contributed by atoms with van der Waals surface area (Å²) in [6.07, 6.45) is 5.60. The lowest BCUT2D eigenvalue weighted by molar-refractivity contribution is 0.651. The Morgan fingerprint density at radius 1 is 1.46 bits per heavy atom. The number of pyridine rings is 1. The Balaban J connectivity index is 2.85. The van der Waals surface area contributed by atoms with Gasteiger partial charge in [-0.15, -0.1) is 0 Å². The van der Waals surface area contributed by atoms with Gasteiger partial charge >= 0.3 is 0 Å². The van der Waals surface area contributed by atoms with Gasteiger partial charge in [0.05, 0.1) is 6.04 Å². The van der Waals surface area contributed by atoms with Crippen LogP contribution in [0, 0.1) is 0 Å². The number of rotatable bonds is 3. The van der Waals surface area contributed by atoms with Crippen LogP contribution in [-0.2, 0) is 0 Å². The molecule has 3 N–H and O–H groups in total. The van der Waals surface area contributed by atoms with Crippen molar-refractivity contribution in [2.75, 3.05) is 0 Å². The predicted octanol–water partition coefficient (Wildman–Crippen LogP) is 1.55. The topological polar surface area (TPSA) is 50.9 Å². The first-order valence-electron chi connectivity index (χ1n) is 4.25. The zero-order valence-electron chi connectivity index (χ0n) is 7.99. The summed E-state index contributed by atoms with van der Waals surface area (Å²) in [5.41, 5.74) is 5.11. The maximum Gasteiger partial charge on any atom is 0.0644 e. The molecule has 0 saturated carbocycles. The fraction of sp³-hybridized carbons (Fsp3) is 0.300. The molecule has 1 rings (SSSR count). The third-order valence-electron chi connectivity index (χ3n) is 1.74. The van der Waals surface area contributed by atoms with Gasteiger partial charge in [-0.3, -0.25) is 10.8 Å². The van der Waals surface area contributed by atoms with E-state index in [0.29, 0.717) is 0 Å². The molecule has 0 fully saturated rings. The number of allylic oxidation sites excluding steroid dienone is 1. The molecule has 13 heavy (non-hydrogen) atoms. The van der Waals surface area contributed by atoms with Crippen LogP contribution in [0.1, 0.15) is 25.5 Å². The Morgan fingerprint density at radius 3 is 2.54 bits per heavy atom. The molecule has 1 unspecified atom stereocenters. The van der Waals surface area contributed by atoms with Crippen LogP contribution < -0.4 is 11.3 Å². The van der Waals surface area contributed by atoms with E-state index in [4.69, 9.17) is 5.84 Å². The molecule has 3 heteroatoms. The SMILES string of the molecule is CC(C)=CC(NN)c1ccncc1. The molecule has 1 aromatic heterocycles. The van der Waals surface area contributed by atoms with Crippen molar-refractivity contribution in [1.29, 1.82) is 0 Å². The van der Waals surface area contributed by atoms with Crippen LogP contribution in [0.2, 0.25) is 0 Å². The number of nitrogens with two attached hydrogens (primary N) is 1. The summed E-state index contributed by atoms with van der Waals surface area (Å²) in [6, 6.07) is 3.97. The molecule has 0 amide bonds. The summed E-state index contributed by atoms with van der Waals surface area (Å²) in [7, 11) is 0. The molecule has 1 atom stereocenters. The van der Waals surface area contributed by atoms with E-state index in [1.54, 1.807) is 12.4 Å². The molecule has 1 heterocycles. The summed E-state index contributed by atoms with van der Waals surface area (Å²) in [5.74, 6) is 5.44. The lowest BCUT2D eigenvalue weighted by atomic mass is 10.1. The fourth-order valence-corrected chi connectivity index (χ4v) is 1.14. The lowest BCUT2D eigenvalue weighted by Crippen LogP contribution is -2.26. The second kappa shape index (κ2) is 4.74. The maximum absolute atomic E-state index is 5.44. The molecule has 0 spiro atoms. The number of nitrogens with one attached hydrogen (secondary N) is 1. The molecule has 0 saturated heterocycles. The van der Waals surface area contributed by atoms with E-state index in [2.05, 4.69) is 16.5 Å². The number of hydrazine groups is 1. The minimum absolute atomic E-state index is 0.0769. The first-order valence-corrected chi connectivity index (χ1v) is 4.25. The van der Waals surface area contributed by atoms with E-state index in [1.807, 2.05) is 26.0 Å². The minimum atomic E-state index is 0.0769. The molecule has 1 aromatic rings. The van der Waals surface area contributed by atoms with E-state index in [9.17, 15) is 0 Å². The van der Waals surface area contributed by atoms with Crippen LogP contribution in [0.5, 0.6) is 0 Å². The van der Waals surface area contributed by atoms with Crippen LogP contribution in [0.15, 0.2) is 36.2 Å². The van der Waals surface area contributed by atoms with Gasteiger partial charge in [0.1, 0.15) is 0 Å². The zero-order chi connectivity index (χ0) is 9.68. The third-order valence-corrected chi connectivity index (χ3v) is 1.74. The average Bonchev–Trinajstić information content (AvgIpc) is 2.15. The fourth-order valence-electron chi connectivity index (χ4n) is 1.14. The first kappa shape index (κ1) is 9.89. The lowest BCUT2D eigenvalue weighted by Gasteiger charge is -2.11. The van der Waals surface area contributed by atoms with Crippen molar-refractivity contribution in [3.05, 3.63) is 41.7 Å². The second-order valence-electron chi connectivity index (χ2n) is 3.17. The highest BCUT2D eigenvalue weighted by Gasteiger charge is 2.04. The molecule has 0 aliphatic rings. The zero-order valence-corrected chi connectivity index (χ0v) is 7.99. The smallest absolute Gasteiger partial charge is 0.0644 e. The van der Waals surface area contributed by atoms with Gasteiger partial charge in [0, 0.05) is 12.4 Å². The van der Waals surface area contributed by atoms with Gasteiger partial charge < -0.3 is 0 Å². The Labute approximate surface area is 78.6 Å². The highest BCUT2D eigenvalue weighted by Crippen LogP contribution is 2.13. The van der Waals surface area contributed by atoms with Crippen molar-refractivity contribution in [3.8, 4) is 0 Å². The van der Waals surface area contributed by atoms with Crippen LogP contribution in [0.3, 0.4) is 0 Å². The second-order valence-corrected chi connectivity index (χ2v) is 3.17. The third kappa shape index (κ3) is 2.97. The molecule has 70 valence electrons. The summed E-state index contributed by atoms with van der Waals surface area (Å²) in [4.78, 5) is 3.95. The molecule has 0 aliphatic carbocycles. The number of aromatic nitrogens is 1. The molecule has 0 bridgehead atoms. The molecular formula is C10H15N3. The maximum atomic E-state index is 5.44. The summed E-state index contributed by atoms with van der Waals surface area (Å²) in [6.45, 7) is 4.09. The summed E-state index contributed by atoms with van der Waals surface area (Å²) in [5, 5.41) is 0. The number of hydrogen-bond donors (Lipinski definition) is 2. The van der Waals surface area contributed by atoms with Crippen LogP contribution in [-0.4, -0.2) is 4.98 Å². The minimum Gasteiger partial charge on any atom is -0.271 e. The van der Waals surface area contributed by atoms with Gasteiger partial charge in [0.15, 0.2) is 0 Å². The highest BCUT2D eigenvalue weighted by molar-refractivity contribution is 5.21. The normalized spacial score (nSPS) is 12.2. The van der Waals surface area contributed by atoms with Crippen LogP contribution >= 0.6 is 0 Å². The molecule has 3 nitrogen and oxygen atoms in total. The quantitative estimate of drug-likeness (QED) is 0.418. The van der Waals surface area contributed by atoms with Gasteiger partial charge in [-0.1, -0.05) is 11.6 Å². The Kier molecular flexibility index (Phi) is 3.61. The Morgan fingerprint density at radius 2 is 2.08 bits per heavy atom. The molecule has 0 aromatic carbocycles. The van der Waals surface area contributed by atoms with E-state index >= 15 is 0 Å². The monoisotopic (exact) mass is 177 g/mol. The number of nitrogens with zero attached hydrogens (tertiary/aromatic N) is 1. The Hall–Kier alpha value is -1.19. The standard InChI is InChI=1S/C10H15N3/c1-8(2)7-10(13-11)9-3-5-12-6-4-9/h3-7,10,13H,11H2,1-2H3. The number of hydrogen-bond acceptors (Lipinski definition) is 3. The summed E-state index contributed by atoms with van der Waals surface area (Å²) >= 11 is 0. The molecule has 0 aliphatic heterocycles. The predicted molar refractivity (Wildman–Crippen MR) is 53.7 cm³/mol. The molecular weight excluding hydrogens is 162 g/mol. The van der Waals surface area contributed by atoms with Crippen molar-refractivity contribution < 1.29 is 0 Å². The van der Waals surface area contributed by atoms with Gasteiger partial charge in [-0.2, -0.15) is 0 Å². The van der Waals surface area contributed by atoms with E-state index in [1.165, 1.54) is 5.57 Å². The van der Waals surface area contributed by atoms with Crippen LogP contribution in [0.25, 0.3) is 0 Å². The van der Waals surface area contributed by atoms with Crippen LogP contribution in [0.4, 0.5) is 0 Å². The molecule has 0 radical (unpaired) electrons. The van der Waals surface area contributed by atoms with Crippen molar-refractivity contribution in [2.24, 2.45) is 5.84 Å². The van der Waals surface area contributed by atoms with E-state index in [0.717, 1.165) is 5.56 Å². The van der Waals surface area contributed by atoms with Gasteiger partial charge in [0.2, 0.25) is 0 Å². The van der Waals surface area contributed by atoms with Gasteiger partial charge in [-0.25, -0.2) is 5.43 Å². The first-order chi connectivity index (χ1) is 6.24. The average molecular weight is 177 g/mol.